The zero-order valence-electron chi connectivity index (χ0n) is 13.7. The van der Waals surface area contributed by atoms with Crippen molar-refractivity contribution in [3.63, 3.8) is 0 Å². The van der Waals surface area contributed by atoms with Gasteiger partial charge in [-0.3, -0.25) is 4.79 Å². The van der Waals surface area contributed by atoms with Gasteiger partial charge in [0.1, 0.15) is 24.2 Å². The quantitative estimate of drug-likeness (QED) is 0.771. The van der Waals surface area contributed by atoms with Crippen LogP contribution in [0.5, 0.6) is 11.5 Å². The van der Waals surface area contributed by atoms with E-state index in [0.29, 0.717) is 48.5 Å². The van der Waals surface area contributed by atoms with E-state index >= 15 is 0 Å². The third-order valence-electron chi connectivity index (χ3n) is 4.38. The van der Waals surface area contributed by atoms with E-state index in [1.807, 2.05) is 17.0 Å². The van der Waals surface area contributed by atoms with Crippen LogP contribution in [0.25, 0.3) is 0 Å². The molecule has 7 heteroatoms. The first-order valence-electron chi connectivity index (χ1n) is 8.27. The van der Waals surface area contributed by atoms with E-state index in [9.17, 15) is 4.79 Å². The van der Waals surface area contributed by atoms with Crippen LogP contribution in [0.15, 0.2) is 36.4 Å². The molecule has 1 saturated heterocycles. The van der Waals surface area contributed by atoms with E-state index in [-0.39, 0.29) is 5.91 Å². The predicted octanol–water partition coefficient (Wildman–Crippen LogP) is 2.47. The highest BCUT2D eigenvalue weighted by atomic mass is 35.5. The van der Waals surface area contributed by atoms with Crippen molar-refractivity contribution in [2.75, 3.05) is 44.3 Å². The normalized spacial score (nSPS) is 16.7. The number of amides is 1. The SMILES string of the molecule is O=C(c1ccc2c(c1)OCCO2)N1CCN(c2cccc(Cl)n2)CC1. The Morgan fingerprint density at radius 2 is 1.76 bits per heavy atom. The molecule has 2 aromatic rings. The summed E-state index contributed by atoms with van der Waals surface area (Å²) in [6, 6.07) is 10.9. The fraction of sp³-hybridized carbons (Fsp3) is 0.333. The fourth-order valence-electron chi connectivity index (χ4n) is 3.07. The van der Waals surface area contributed by atoms with Gasteiger partial charge in [0.15, 0.2) is 11.5 Å². The summed E-state index contributed by atoms with van der Waals surface area (Å²) in [5.74, 6) is 2.19. The molecular formula is C18H18ClN3O3. The van der Waals surface area contributed by atoms with E-state index in [0.717, 1.165) is 18.9 Å². The minimum Gasteiger partial charge on any atom is -0.486 e. The standard InChI is InChI=1S/C18H18ClN3O3/c19-16-2-1-3-17(20-16)21-6-8-22(9-7-21)18(23)13-4-5-14-15(12-13)25-11-10-24-14/h1-5,12H,6-11H2. The molecule has 3 heterocycles. The van der Waals surface area contributed by atoms with Gasteiger partial charge in [0.2, 0.25) is 0 Å². The molecule has 6 nitrogen and oxygen atoms in total. The van der Waals surface area contributed by atoms with Crippen molar-refractivity contribution in [3.05, 3.63) is 47.1 Å². The molecule has 0 aliphatic carbocycles. The molecule has 0 unspecified atom stereocenters. The predicted molar refractivity (Wildman–Crippen MR) is 94.8 cm³/mol. The Bertz CT molecular complexity index is 791. The highest BCUT2D eigenvalue weighted by molar-refractivity contribution is 6.29. The highest BCUT2D eigenvalue weighted by Gasteiger charge is 2.24. The summed E-state index contributed by atoms with van der Waals surface area (Å²) in [6.45, 7) is 3.78. The topological polar surface area (TPSA) is 54.9 Å². The van der Waals surface area contributed by atoms with Gasteiger partial charge in [-0.15, -0.1) is 0 Å². The maximum atomic E-state index is 12.8. The van der Waals surface area contributed by atoms with Gasteiger partial charge < -0.3 is 19.3 Å². The van der Waals surface area contributed by atoms with Gasteiger partial charge in [-0.05, 0) is 30.3 Å². The van der Waals surface area contributed by atoms with E-state index in [2.05, 4.69) is 9.88 Å². The van der Waals surface area contributed by atoms with Crippen molar-refractivity contribution in [2.24, 2.45) is 0 Å². The average Bonchev–Trinajstić information content (AvgIpc) is 2.67. The Labute approximate surface area is 150 Å². The van der Waals surface area contributed by atoms with Gasteiger partial charge in [0.25, 0.3) is 5.91 Å². The number of hydrogen-bond acceptors (Lipinski definition) is 5. The number of nitrogens with zero attached hydrogens (tertiary/aromatic N) is 3. The Morgan fingerprint density at radius 1 is 1.00 bits per heavy atom. The van der Waals surface area contributed by atoms with Gasteiger partial charge in [-0.2, -0.15) is 0 Å². The van der Waals surface area contributed by atoms with Crippen molar-refractivity contribution in [2.45, 2.75) is 0 Å². The van der Waals surface area contributed by atoms with Crippen LogP contribution >= 0.6 is 11.6 Å². The highest BCUT2D eigenvalue weighted by Crippen LogP contribution is 2.31. The summed E-state index contributed by atoms with van der Waals surface area (Å²) in [4.78, 5) is 21.1. The number of ether oxygens (including phenoxy) is 2. The lowest BCUT2D eigenvalue weighted by Crippen LogP contribution is -2.49. The molecule has 130 valence electrons. The smallest absolute Gasteiger partial charge is 0.254 e. The molecule has 0 spiro atoms. The number of aromatic nitrogens is 1. The number of fused-ring (bicyclic) bond motifs is 1. The van der Waals surface area contributed by atoms with Crippen LogP contribution in [0.3, 0.4) is 0 Å². The van der Waals surface area contributed by atoms with Crippen LogP contribution in [-0.2, 0) is 0 Å². The maximum Gasteiger partial charge on any atom is 0.254 e. The lowest BCUT2D eigenvalue weighted by Gasteiger charge is -2.35. The molecule has 25 heavy (non-hydrogen) atoms. The first-order chi connectivity index (χ1) is 12.2. The van der Waals surface area contributed by atoms with Gasteiger partial charge in [-0.25, -0.2) is 4.98 Å². The first-order valence-corrected chi connectivity index (χ1v) is 8.65. The summed E-state index contributed by atoms with van der Waals surface area (Å²) >= 11 is 5.96. The molecule has 1 aromatic carbocycles. The molecule has 1 fully saturated rings. The maximum absolute atomic E-state index is 12.8. The van der Waals surface area contributed by atoms with Crippen LogP contribution in [0.1, 0.15) is 10.4 Å². The minimum absolute atomic E-state index is 0.00989. The van der Waals surface area contributed by atoms with E-state index in [4.69, 9.17) is 21.1 Å². The number of benzene rings is 1. The number of carbonyl (C=O) groups is 1. The summed E-state index contributed by atoms with van der Waals surface area (Å²) in [7, 11) is 0. The Hall–Kier alpha value is -2.47. The number of carbonyl (C=O) groups excluding carboxylic acids is 1. The van der Waals surface area contributed by atoms with Crippen LogP contribution in [0.2, 0.25) is 5.15 Å². The van der Waals surface area contributed by atoms with Crippen molar-refractivity contribution in [1.29, 1.82) is 0 Å². The van der Waals surface area contributed by atoms with Gasteiger partial charge in [0, 0.05) is 31.7 Å². The fourth-order valence-corrected chi connectivity index (χ4v) is 3.23. The van der Waals surface area contributed by atoms with Crippen molar-refractivity contribution >= 4 is 23.3 Å². The van der Waals surface area contributed by atoms with Crippen LogP contribution in [-0.4, -0.2) is 55.2 Å². The largest absolute Gasteiger partial charge is 0.486 e. The number of pyridine rings is 1. The lowest BCUT2D eigenvalue weighted by molar-refractivity contribution is 0.0745. The molecule has 4 rings (SSSR count). The minimum atomic E-state index is 0.00989. The van der Waals surface area contributed by atoms with Crippen LogP contribution in [0.4, 0.5) is 5.82 Å². The number of piperazine rings is 1. The number of hydrogen-bond donors (Lipinski definition) is 0. The van der Waals surface area contributed by atoms with Crippen molar-refractivity contribution in [3.8, 4) is 11.5 Å². The van der Waals surface area contributed by atoms with E-state index in [1.165, 1.54) is 0 Å². The van der Waals surface area contributed by atoms with E-state index < -0.39 is 0 Å². The molecule has 0 radical (unpaired) electrons. The molecule has 1 amide bonds. The molecule has 0 N–H and O–H groups in total. The summed E-state index contributed by atoms with van der Waals surface area (Å²) in [6.07, 6.45) is 0. The van der Waals surface area contributed by atoms with Crippen molar-refractivity contribution in [1.82, 2.24) is 9.88 Å². The lowest BCUT2D eigenvalue weighted by atomic mass is 10.1. The number of halogens is 1. The molecule has 2 aliphatic heterocycles. The first kappa shape index (κ1) is 16.0. The van der Waals surface area contributed by atoms with Crippen LogP contribution in [0, 0.1) is 0 Å². The second-order valence-corrected chi connectivity index (χ2v) is 6.34. The van der Waals surface area contributed by atoms with Gasteiger partial charge >= 0.3 is 0 Å². The molecule has 1 aromatic heterocycles. The monoisotopic (exact) mass is 359 g/mol. The molecule has 0 bridgehead atoms. The second-order valence-electron chi connectivity index (χ2n) is 5.96. The van der Waals surface area contributed by atoms with Gasteiger partial charge in [0.05, 0.1) is 0 Å². The molecule has 2 aliphatic rings. The summed E-state index contributed by atoms with van der Waals surface area (Å²) in [5.41, 5.74) is 0.624. The van der Waals surface area contributed by atoms with Crippen molar-refractivity contribution < 1.29 is 14.3 Å². The Balaban J connectivity index is 1.43. The summed E-state index contributed by atoms with van der Waals surface area (Å²) < 4.78 is 11.1. The zero-order valence-corrected chi connectivity index (χ0v) is 14.4. The molecule has 0 saturated carbocycles. The zero-order chi connectivity index (χ0) is 17.2. The Kier molecular flexibility index (Phi) is 4.36. The number of anilines is 1. The number of rotatable bonds is 2. The summed E-state index contributed by atoms with van der Waals surface area (Å²) in [5, 5.41) is 0.479. The second kappa shape index (κ2) is 6.80. The third kappa shape index (κ3) is 3.35. The third-order valence-corrected chi connectivity index (χ3v) is 4.59. The van der Waals surface area contributed by atoms with Crippen LogP contribution < -0.4 is 14.4 Å². The van der Waals surface area contributed by atoms with E-state index in [1.54, 1.807) is 24.3 Å². The van der Waals surface area contributed by atoms with Gasteiger partial charge in [-0.1, -0.05) is 17.7 Å². The molecule has 0 atom stereocenters. The Morgan fingerprint density at radius 3 is 2.52 bits per heavy atom. The average molecular weight is 360 g/mol. The molecular weight excluding hydrogens is 342 g/mol.